The molecular weight excluding hydrogens is 406 g/mol. The maximum absolute atomic E-state index is 13.3. The van der Waals surface area contributed by atoms with E-state index < -0.39 is 14.9 Å². The third kappa shape index (κ3) is 4.80. The molecule has 0 N–H and O–H groups in total. The van der Waals surface area contributed by atoms with E-state index >= 15 is 0 Å². The first-order valence-electron chi connectivity index (χ1n) is 9.86. The Bertz CT molecular complexity index is 1000. The van der Waals surface area contributed by atoms with Gasteiger partial charge in [-0.25, -0.2) is 8.42 Å². The van der Waals surface area contributed by atoms with Crippen LogP contribution in [-0.2, 0) is 21.3 Å². The second kappa shape index (κ2) is 9.11. The number of hydrogen-bond acceptors (Lipinski definition) is 6. The first kappa shape index (κ1) is 22.2. The largest absolute Gasteiger partial charge is 0.379 e. The fourth-order valence-electron chi connectivity index (χ4n) is 3.43. The zero-order valence-corrected chi connectivity index (χ0v) is 18.3. The molecule has 0 aromatic heterocycles. The molecule has 0 amide bonds. The highest BCUT2D eigenvalue weighted by Crippen LogP contribution is 2.32. The van der Waals surface area contributed by atoms with Crippen LogP contribution in [0.1, 0.15) is 30.9 Å². The van der Waals surface area contributed by atoms with E-state index in [1.54, 1.807) is 11.9 Å². The van der Waals surface area contributed by atoms with Crippen LogP contribution in [0.4, 0.5) is 11.4 Å². The van der Waals surface area contributed by atoms with Crippen molar-refractivity contribution in [2.45, 2.75) is 31.2 Å². The second-order valence-corrected chi connectivity index (χ2v) is 9.58. The zero-order valence-electron chi connectivity index (χ0n) is 17.4. The van der Waals surface area contributed by atoms with Crippen LogP contribution in [0.5, 0.6) is 0 Å². The minimum absolute atomic E-state index is 0.0556. The van der Waals surface area contributed by atoms with Crippen molar-refractivity contribution in [1.29, 1.82) is 0 Å². The molecule has 1 aliphatic rings. The lowest BCUT2D eigenvalue weighted by Gasteiger charge is -2.29. The molecule has 1 fully saturated rings. The summed E-state index contributed by atoms with van der Waals surface area (Å²) in [5.74, 6) is 0.428. The number of benzene rings is 2. The molecule has 1 heterocycles. The van der Waals surface area contributed by atoms with Crippen molar-refractivity contribution < 1.29 is 18.1 Å². The molecule has 1 aliphatic heterocycles. The topological polar surface area (TPSA) is 93.0 Å². The van der Waals surface area contributed by atoms with Crippen molar-refractivity contribution in [3.05, 3.63) is 63.7 Å². The number of morpholine rings is 1. The normalized spacial score (nSPS) is 15.3. The average molecular weight is 434 g/mol. The fourth-order valence-corrected chi connectivity index (χ4v) is 5.10. The van der Waals surface area contributed by atoms with Gasteiger partial charge in [0.15, 0.2) is 0 Å². The minimum atomic E-state index is -3.90. The number of non-ortho nitro benzene ring substituents is 1. The molecular formula is C21H27N3O5S. The van der Waals surface area contributed by atoms with E-state index in [9.17, 15) is 18.5 Å². The van der Waals surface area contributed by atoms with Gasteiger partial charge in [0.1, 0.15) is 4.90 Å². The maximum Gasteiger partial charge on any atom is 0.270 e. The van der Waals surface area contributed by atoms with Crippen molar-refractivity contribution in [2.24, 2.45) is 0 Å². The summed E-state index contributed by atoms with van der Waals surface area (Å²) in [5, 5.41) is 11.3. The lowest BCUT2D eigenvalue weighted by atomic mass is 10.0. The SMILES string of the molecule is CC(C)c1ccc(CN(C)c2ccc([N+](=O)[O-])cc2S(=O)(=O)N2CCOCC2)cc1. The molecule has 0 spiro atoms. The van der Waals surface area contributed by atoms with Crippen LogP contribution < -0.4 is 4.90 Å². The summed E-state index contributed by atoms with van der Waals surface area (Å²) in [5.41, 5.74) is 2.43. The van der Waals surface area contributed by atoms with Gasteiger partial charge < -0.3 is 9.64 Å². The van der Waals surface area contributed by atoms with Gasteiger partial charge in [0.05, 0.1) is 23.8 Å². The molecule has 2 aromatic carbocycles. The molecule has 0 unspecified atom stereocenters. The Balaban J connectivity index is 1.95. The van der Waals surface area contributed by atoms with Crippen LogP contribution in [-0.4, -0.2) is 51.0 Å². The van der Waals surface area contributed by atoms with Crippen LogP contribution >= 0.6 is 0 Å². The van der Waals surface area contributed by atoms with E-state index in [1.807, 2.05) is 12.1 Å². The van der Waals surface area contributed by atoms with Gasteiger partial charge in [-0.3, -0.25) is 10.1 Å². The second-order valence-electron chi connectivity index (χ2n) is 7.68. The van der Waals surface area contributed by atoms with Crippen molar-refractivity contribution in [3.63, 3.8) is 0 Å². The van der Waals surface area contributed by atoms with Gasteiger partial charge in [-0.15, -0.1) is 0 Å². The van der Waals surface area contributed by atoms with Gasteiger partial charge >= 0.3 is 0 Å². The van der Waals surface area contributed by atoms with Crippen molar-refractivity contribution >= 4 is 21.4 Å². The van der Waals surface area contributed by atoms with Crippen molar-refractivity contribution in [1.82, 2.24) is 4.31 Å². The number of sulfonamides is 1. The molecule has 3 rings (SSSR count). The van der Waals surface area contributed by atoms with Crippen molar-refractivity contribution in [2.75, 3.05) is 38.3 Å². The van der Waals surface area contributed by atoms with Gasteiger partial charge in [0.25, 0.3) is 5.69 Å². The summed E-state index contributed by atoms with van der Waals surface area (Å²) >= 11 is 0. The molecule has 0 atom stereocenters. The fraction of sp³-hybridized carbons (Fsp3) is 0.429. The number of nitro groups is 1. The van der Waals surface area contributed by atoms with Crippen LogP contribution in [0, 0.1) is 10.1 Å². The summed E-state index contributed by atoms with van der Waals surface area (Å²) in [4.78, 5) is 12.5. The number of ether oxygens (including phenoxy) is 1. The summed E-state index contributed by atoms with van der Waals surface area (Å²) in [7, 11) is -2.11. The zero-order chi connectivity index (χ0) is 21.9. The first-order valence-corrected chi connectivity index (χ1v) is 11.3. The summed E-state index contributed by atoms with van der Waals surface area (Å²) in [6, 6.07) is 12.2. The van der Waals surface area contributed by atoms with Crippen LogP contribution in [0.3, 0.4) is 0 Å². The Labute approximate surface area is 177 Å². The molecule has 0 radical (unpaired) electrons. The number of hydrogen-bond donors (Lipinski definition) is 0. The predicted molar refractivity (Wildman–Crippen MR) is 115 cm³/mol. The first-order chi connectivity index (χ1) is 14.2. The Morgan fingerprint density at radius 1 is 1.13 bits per heavy atom. The molecule has 30 heavy (non-hydrogen) atoms. The monoisotopic (exact) mass is 433 g/mol. The van der Waals surface area contributed by atoms with Gasteiger partial charge in [-0.05, 0) is 23.1 Å². The Kier molecular flexibility index (Phi) is 6.74. The summed E-state index contributed by atoms with van der Waals surface area (Å²) in [6.45, 7) is 5.79. The summed E-state index contributed by atoms with van der Waals surface area (Å²) in [6.07, 6.45) is 0. The Hall–Kier alpha value is -2.49. The highest BCUT2D eigenvalue weighted by atomic mass is 32.2. The predicted octanol–water partition coefficient (Wildman–Crippen LogP) is 3.38. The van der Waals surface area contributed by atoms with E-state index in [1.165, 1.54) is 22.0 Å². The number of rotatable bonds is 7. The summed E-state index contributed by atoms with van der Waals surface area (Å²) < 4.78 is 33.1. The molecule has 162 valence electrons. The van der Waals surface area contributed by atoms with E-state index in [-0.39, 0.29) is 23.7 Å². The Morgan fingerprint density at radius 3 is 2.33 bits per heavy atom. The van der Waals surface area contributed by atoms with Gasteiger partial charge in [-0.1, -0.05) is 38.1 Å². The molecule has 0 bridgehead atoms. The van der Waals surface area contributed by atoms with E-state index in [2.05, 4.69) is 26.0 Å². The smallest absolute Gasteiger partial charge is 0.270 e. The number of nitro benzene ring substituents is 1. The van der Waals surface area contributed by atoms with Crippen molar-refractivity contribution in [3.8, 4) is 0 Å². The third-order valence-corrected chi connectivity index (χ3v) is 7.15. The quantitative estimate of drug-likeness (QED) is 0.491. The molecule has 8 nitrogen and oxygen atoms in total. The van der Waals surface area contributed by atoms with Crippen LogP contribution in [0.2, 0.25) is 0 Å². The Morgan fingerprint density at radius 2 is 1.77 bits per heavy atom. The van der Waals surface area contributed by atoms with Gasteiger partial charge in [0, 0.05) is 38.8 Å². The van der Waals surface area contributed by atoms with Gasteiger partial charge in [-0.2, -0.15) is 4.31 Å². The van der Waals surface area contributed by atoms with Crippen LogP contribution in [0.25, 0.3) is 0 Å². The average Bonchev–Trinajstić information content (AvgIpc) is 2.74. The lowest BCUT2D eigenvalue weighted by Crippen LogP contribution is -2.41. The molecule has 0 aliphatic carbocycles. The molecule has 1 saturated heterocycles. The van der Waals surface area contributed by atoms with E-state index in [0.717, 1.165) is 11.6 Å². The van der Waals surface area contributed by atoms with E-state index in [4.69, 9.17) is 4.74 Å². The maximum atomic E-state index is 13.3. The van der Waals surface area contributed by atoms with Gasteiger partial charge in [0.2, 0.25) is 10.0 Å². The third-order valence-electron chi connectivity index (χ3n) is 5.22. The number of nitrogens with zero attached hydrogens (tertiary/aromatic N) is 3. The minimum Gasteiger partial charge on any atom is -0.379 e. The number of anilines is 1. The highest BCUT2D eigenvalue weighted by molar-refractivity contribution is 7.89. The lowest BCUT2D eigenvalue weighted by molar-refractivity contribution is -0.385. The molecule has 0 saturated carbocycles. The van der Waals surface area contributed by atoms with Crippen LogP contribution in [0.15, 0.2) is 47.4 Å². The molecule has 2 aromatic rings. The highest BCUT2D eigenvalue weighted by Gasteiger charge is 2.31. The molecule has 9 heteroatoms. The standard InChI is InChI=1S/C21H27N3O5S/c1-16(2)18-6-4-17(5-7-18)15-22(3)20-9-8-19(24(25)26)14-21(20)30(27,28)23-10-12-29-13-11-23/h4-9,14,16H,10-13,15H2,1-3H3. The van der Waals surface area contributed by atoms with E-state index in [0.29, 0.717) is 31.4 Å².